The van der Waals surface area contributed by atoms with Crippen molar-refractivity contribution in [2.24, 2.45) is 0 Å². The van der Waals surface area contributed by atoms with E-state index in [1.54, 1.807) is 30.3 Å². The van der Waals surface area contributed by atoms with E-state index >= 15 is 0 Å². The largest absolute Gasteiger partial charge is 0.325 e. The first-order valence-electron chi connectivity index (χ1n) is 7.97. The Kier molecular flexibility index (Phi) is 6.92. The highest BCUT2D eigenvalue weighted by atomic mass is 35.5. The normalized spacial score (nSPS) is 11.2. The zero-order valence-corrected chi connectivity index (χ0v) is 16.8. The minimum Gasteiger partial charge on any atom is -0.325 e. The van der Waals surface area contributed by atoms with Gasteiger partial charge in [-0.15, -0.1) is 0 Å². The highest BCUT2D eigenvalue weighted by Crippen LogP contribution is 2.26. The van der Waals surface area contributed by atoms with Crippen molar-refractivity contribution in [3.63, 3.8) is 0 Å². The van der Waals surface area contributed by atoms with Crippen LogP contribution in [0.2, 0.25) is 10.0 Å². The number of aryl methyl sites for hydroxylation is 1. The lowest BCUT2D eigenvalue weighted by Crippen LogP contribution is -2.32. The summed E-state index contributed by atoms with van der Waals surface area (Å²) in [6.07, 6.45) is 1.68. The topological polar surface area (TPSA) is 66.5 Å². The summed E-state index contributed by atoms with van der Waals surface area (Å²) in [5.41, 5.74) is 1.91. The number of hydrogen-bond acceptors (Lipinski definition) is 3. The second-order valence-corrected chi connectivity index (χ2v) is 8.65. The Labute approximate surface area is 164 Å². The number of halogens is 2. The number of amides is 1. The summed E-state index contributed by atoms with van der Waals surface area (Å²) in [6, 6.07) is 12.0. The van der Waals surface area contributed by atoms with Crippen LogP contribution in [0.5, 0.6) is 0 Å². The molecule has 0 radical (unpaired) electrons. The van der Waals surface area contributed by atoms with Gasteiger partial charge >= 0.3 is 0 Å². The maximum Gasteiger partial charge on any atom is 0.232 e. The Hall–Kier alpha value is -1.76. The molecule has 1 N–H and O–H groups in total. The van der Waals surface area contributed by atoms with Gasteiger partial charge in [-0.3, -0.25) is 9.10 Å². The molecule has 0 aliphatic carbocycles. The van der Waals surface area contributed by atoms with Crippen molar-refractivity contribution >= 4 is 50.5 Å². The molecule has 0 saturated carbocycles. The molecule has 5 nitrogen and oxygen atoms in total. The van der Waals surface area contributed by atoms with Gasteiger partial charge in [0.25, 0.3) is 0 Å². The fraction of sp³-hybridized carbons (Fsp3) is 0.278. The van der Waals surface area contributed by atoms with Crippen LogP contribution >= 0.6 is 23.2 Å². The van der Waals surface area contributed by atoms with Crippen LogP contribution < -0.4 is 9.62 Å². The third-order valence-electron chi connectivity index (χ3n) is 3.75. The second kappa shape index (κ2) is 8.75. The lowest BCUT2D eigenvalue weighted by Gasteiger charge is -2.24. The first kappa shape index (κ1) is 20.6. The first-order valence-corrected chi connectivity index (χ1v) is 10.6. The molecule has 0 atom stereocenters. The standard InChI is InChI=1S/C18H20Cl2N2O3S/c1-13-6-3-4-7-17(13)22(26(2,24)25)11-5-8-18(23)21-16-12-14(19)9-10-15(16)20/h3-4,6-7,9-10,12H,5,8,11H2,1-2H3,(H,21,23). The molecule has 26 heavy (non-hydrogen) atoms. The number of carbonyl (C=O) groups is 1. The third kappa shape index (κ3) is 5.62. The van der Waals surface area contributed by atoms with Gasteiger partial charge in [-0.1, -0.05) is 41.4 Å². The average molecular weight is 415 g/mol. The van der Waals surface area contributed by atoms with E-state index in [1.165, 1.54) is 4.31 Å². The van der Waals surface area contributed by atoms with E-state index < -0.39 is 10.0 Å². The van der Waals surface area contributed by atoms with E-state index in [9.17, 15) is 13.2 Å². The maximum absolute atomic E-state index is 12.1. The molecule has 0 aliphatic rings. The van der Waals surface area contributed by atoms with Gasteiger partial charge in [0.1, 0.15) is 0 Å². The molecule has 1 amide bonds. The van der Waals surface area contributed by atoms with Gasteiger partial charge in [-0.2, -0.15) is 0 Å². The van der Waals surface area contributed by atoms with Gasteiger partial charge in [0.15, 0.2) is 0 Å². The highest BCUT2D eigenvalue weighted by molar-refractivity contribution is 7.92. The predicted octanol–water partition coefficient (Wildman–Crippen LogP) is 4.49. The third-order valence-corrected chi connectivity index (χ3v) is 5.50. The number of nitrogens with zero attached hydrogens (tertiary/aromatic N) is 1. The lowest BCUT2D eigenvalue weighted by atomic mass is 10.2. The van der Waals surface area contributed by atoms with Gasteiger partial charge < -0.3 is 5.32 Å². The van der Waals surface area contributed by atoms with Crippen molar-refractivity contribution in [2.75, 3.05) is 22.4 Å². The second-order valence-electron chi connectivity index (χ2n) is 5.90. The fourth-order valence-electron chi connectivity index (χ4n) is 2.50. The Morgan fingerprint density at radius 2 is 1.85 bits per heavy atom. The molecule has 2 rings (SSSR count). The van der Waals surface area contributed by atoms with Crippen molar-refractivity contribution in [1.82, 2.24) is 0 Å². The number of para-hydroxylation sites is 1. The van der Waals surface area contributed by atoms with E-state index in [2.05, 4.69) is 5.32 Å². The Morgan fingerprint density at radius 3 is 2.50 bits per heavy atom. The lowest BCUT2D eigenvalue weighted by molar-refractivity contribution is -0.116. The average Bonchev–Trinajstić information content (AvgIpc) is 2.55. The minimum atomic E-state index is -3.45. The number of sulfonamides is 1. The summed E-state index contributed by atoms with van der Waals surface area (Å²) >= 11 is 11.9. The van der Waals surface area contributed by atoms with E-state index in [0.717, 1.165) is 11.8 Å². The highest BCUT2D eigenvalue weighted by Gasteiger charge is 2.19. The number of benzene rings is 2. The summed E-state index contributed by atoms with van der Waals surface area (Å²) in [7, 11) is -3.45. The molecule has 0 saturated heterocycles. The molecule has 0 unspecified atom stereocenters. The van der Waals surface area contributed by atoms with Gasteiger partial charge in [0, 0.05) is 18.0 Å². The van der Waals surface area contributed by atoms with E-state index in [-0.39, 0.29) is 18.9 Å². The first-order chi connectivity index (χ1) is 12.2. The SMILES string of the molecule is Cc1ccccc1N(CCCC(=O)Nc1cc(Cl)ccc1Cl)S(C)(=O)=O. The summed E-state index contributed by atoms with van der Waals surface area (Å²) in [4.78, 5) is 12.1. The van der Waals surface area contributed by atoms with Crippen molar-refractivity contribution in [2.45, 2.75) is 19.8 Å². The van der Waals surface area contributed by atoms with Crippen molar-refractivity contribution in [3.05, 3.63) is 58.1 Å². The number of carbonyl (C=O) groups excluding carboxylic acids is 1. The van der Waals surface area contributed by atoms with Gasteiger partial charge in [0.2, 0.25) is 15.9 Å². The monoisotopic (exact) mass is 414 g/mol. The van der Waals surface area contributed by atoms with Crippen molar-refractivity contribution in [3.8, 4) is 0 Å². The fourth-order valence-corrected chi connectivity index (χ4v) is 3.86. The molecule has 0 aliphatic heterocycles. The molecule has 8 heteroatoms. The van der Waals surface area contributed by atoms with Gasteiger partial charge in [-0.05, 0) is 43.2 Å². The van der Waals surface area contributed by atoms with Crippen LogP contribution in [0.15, 0.2) is 42.5 Å². The molecular weight excluding hydrogens is 395 g/mol. The van der Waals surface area contributed by atoms with E-state index in [0.29, 0.717) is 27.8 Å². The summed E-state index contributed by atoms with van der Waals surface area (Å²) < 4.78 is 25.6. The Bertz CT molecular complexity index is 901. The molecule has 0 bridgehead atoms. The number of hydrogen-bond donors (Lipinski definition) is 1. The van der Waals surface area contributed by atoms with Crippen molar-refractivity contribution in [1.29, 1.82) is 0 Å². The maximum atomic E-state index is 12.1. The molecule has 0 fully saturated rings. The molecule has 0 aromatic heterocycles. The summed E-state index contributed by atoms with van der Waals surface area (Å²) in [5.74, 6) is -0.257. The van der Waals surface area contributed by atoms with Crippen LogP contribution in [0.4, 0.5) is 11.4 Å². The summed E-state index contributed by atoms with van der Waals surface area (Å²) in [6.45, 7) is 2.06. The molecule has 2 aromatic rings. The predicted molar refractivity (Wildman–Crippen MR) is 108 cm³/mol. The molecule has 0 spiro atoms. The van der Waals surface area contributed by atoms with Crippen LogP contribution in [-0.2, 0) is 14.8 Å². The van der Waals surface area contributed by atoms with E-state index in [1.807, 2.05) is 19.1 Å². The molecular formula is C18H20Cl2N2O3S. The number of rotatable bonds is 7. The minimum absolute atomic E-state index is 0.154. The zero-order valence-electron chi connectivity index (χ0n) is 14.5. The summed E-state index contributed by atoms with van der Waals surface area (Å²) in [5, 5.41) is 3.55. The van der Waals surface area contributed by atoms with Gasteiger partial charge in [0.05, 0.1) is 22.7 Å². The number of nitrogens with one attached hydrogen (secondary N) is 1. The zero-order chi connectivity index (χ0) is 19.3. The van der Waals surface area contributed by atoms with Crippen molar-refractivity contribution < 1.29 is 13.2 Å². The van der Waals surface area contributed by atoms with Crippen LogP contribution in [0.1, 0.15) is 18.4 Å². The Balaban J connectivity index is 2.01. The molecule has 0 heterocycles. The van der Waals surface area contributed by atoms with Gasteiger partial charge in [-0.25, -0.2) is 8.42 Å². The van der Waals surface area contributed by atoms with Crippen LogP contribution in [-0.4, -0.2) is 27.1 Å². The van der Waals surface area contributed by atoms with Crippen LogP contribution in [0.25, 0.3) is 0 Å². The Morgan fingerprint density at radius 1 is 1.15 bits per heavy atom. The molecule has 2 aromatic carbocycles. The smallest absolute Gasteiger partial charge is 0.232 e. The van der Waals surface area contributed by atoms with Crippen LogP contribution in [0.3, 0.4) is 0 Å². The number of anilines is 2. The van der Waals surface area contributed by atoms with Crippen LogP contribution in [0, 0.1) is 6.92 Å². The van der Waals surface area contributed by atoms with E-state index in [4.69, 9.17) is 23.2 Å². The molecule has 140 valence electrons. The quantitative estimate of drug-likeness (QED) is 0.725.